The highest BCUT2D eigenvalue weighted by atomic mass is 79.9. The van der Waals surface area contributed by atoms with Crippen molar-refractivity contribution in [2.75, 3.05) is 31.6 Å². The maximum absolute atomic E-state index is 4.80. The smallest absolute Gasteiger partial charge is 0.135 e. The van der Waals surface area contributed by atoms with Gasteiger partial charge in [0.1, 0.15) is 16.2 Å². The van der Waals surface area contributed by atoms with Crippen LogP contribution in [0, 0.1) is 0 Å². The van der Waals surface area contributed by atoms with Crippen LogP contribution >= 0.6 is 15.9 Å². The van der Waals surface area contributed by atoms with E-state index < -0.39 is 0 Å². The van der Waals surface area contributed by atoms with Gasteiger partial charge in [0.15, 0.2) is 0 Å². The third kappa shape index (κ3) is 3.08. The molecule has 0 radical (unpaired) electrons. The molecule has 0 bridgehead atoms. The van der Waals surface area contributed by atoms with E-state index in [4.69, 9.17) is 4.98 Å². The number of likely N-dealkylation sites (N-methyl/N-ethyl adjacent to an activating group) is 1. The largest absolute Gasteiger partial charge is 0.352 e. The van der Waals surface area contributed by atoms with E-state index in [1.807, 2.05) is 0 Å². The lowest BCUT2D eigenvalue weighted by Gasteiger charge is -2.29. The molecule has 1 aromatic heterocycles. The lowest BCUT2D eigenvalue weighted by Crippen LogP contribution is -2.38. The zero-order valence-corrected chi connectivity index (χ0v) is 13.2. The molecule has 0 spiro atoms. The van der Waals surface area contributed by atoms with Gasteiger partial charge in [-0.2, -0.15) is 0 Å². The number of anilines is 1. The van der Waals surface area contributed by atoms with Crippen LogP contribution < -0.4 is 4.90 Å². The fourth-order valence-electron chi connectivity index (χ4n) is 2.81. The van der Waals surface area contributed by atoms with Crippen molar-refractivity contribution in [3.63, 3.8) is 0 Å². The molecule has 0 N–H and O–H groups in total. The van der Waals surface area contributed by atoms with Gasteiger partial charge in [0.2, 0.25) is 0 Å². The summed E-state index contributed by atoms with van der Waals surface area (Å²) >= 11 is 3.54. The summed E-state index contributed by atoms with van der Waals surface area (Å²) in [5, 5.41) is 0. The molecule has 104 valence electrons. The fraction of sp³-hybridized carbons (Fsp3) is 0.714. The van der Waals surface area contributed by atoms with Gasteiger partial charge in [0.05, 0.1) is 0 Å². The fourth-order valence-corrected chi connectivity index (χ4v) is 3.19. The summed E-state index contributed by atoms with van der Waals surface area (Å²) in [4.78, 5) is 14.2. The van der Waals surface area contributed by atoms with E-state index in [0.29, 0.717) is 12.0 Å². The van der Waals surface area contributed by atoms with Crippen LogP contribution in [0.4, 0.5) is 5.82 Å². The molecule has 2 aliphatic rings. The molecule has 0 amide bonds. The van der Waals surface area contributed by atoms with Crippen molar-refractivity contribution in [1.29, 1.82) is 0 Å². The SMILES string of the molecule is CC1CN(C)CCCN1c1cc(Br)nc(C2CC2)n1. The van der Waals surface area contributed by atoms with Crippen molar-refractivity contribution in [1.82, 2.24) is 14.9 Å². The summed E-state index contributed by atoms with van der Waals surface area (Å²) in [7, 11) is 2.20. The Morgan fingerprint density at radius 1 is 1.26 bits per heavy atom. The molecule has 1 aliphatic heterocycles. The Morgan fingerprint density at radius 2 is 2.05 bits per heavy atom. The van der Waals surface area contributed by atoms with Gasteiger partial charge in [-0.1, -0.05) is 0 Å². The van der Waals surface area contributed by atoms with Gasteiger partial charge < -0.3 is 9.80 Å². The maximum atomic E-state index is 4.80. The molecular formula is C14H21BrN4. The topological polar surface area (TPSA) is 32.3 Å². The second-order valence-corrected chi connectivity index (χ2v) is 6.65. The Morgan fingerprint density at radius 3 is 2.79 bits per heavy atom. The van der Waals surface area contributed by atoms with Crippen molar-refractivity contribution >= 4 is 21.7 Å². The molecular weight excluding hydrogens is 304 g/mol. The molecule has 2 heterocycles. The van der Waals surface area contributed by atoms with Gasteiger partial charge in [0.25, 0.3) is 0 Å². The number of hydrogen-bond acceptors (Lipinski definition) is 4. The van der Waals surface area contributed by atoms with Crippen molar-refractivity contribution in [2.45, 2.75) is 38.1 Å². The molecule has 3 rings (SSSR count). The zero-order chi connectivity index (χ0) is 13.4. The number of aromatic nitrogens is 2. The Balaban J connectivity index is 1.87. The lowest BCUT2D eigenvalue weighted by atomic mass is 10.2. The molecule has 1 saturated heterocycles. The summed E-state index contributed by atoms with van der Waals surface area (Å²) in [6, 6.07) is 2.56. The minimum absolute atomic E-state index is 0.501. The van der Waals surface area contributed by atoms with Crippen molar-refractivity contribution < 1.29 is 0 Å². The first-order valence-corrected chi connectivity index (χ1v) is 7.92. The second kappa shape index (κ2) is 5.37. The van der Waals surface area contributed by atoms with Gasteiger partial charge in [-0.05, 0) is 55.7 Å². The minimum atomic E-state index is 0.501. The Bertz CT molecular complexity index is 461. The first-order chi connectivity index (χ1) is 9.13. The number of halogens is 1. The molecule has 1 unspecified atom stereocenters. The average Bonchev–Trinajstić information content (AvgIpc) is 3.16. The lowest BCUT2D eigenvalue weighted by molar-refractivity contribution is 0.337. The van der Waals surface area contributed by atoms with Crippen molar-refractivity contribution in [3.05, 3.63) is 16.5 Å². The molecule has 2 fully saturated rings. The van der Waals surface area contributed by atoms with E-state index in [-0.39, 0.29) is 0 Å². The van der Waals surface area contributed by atoms with E-state index in [1.54, 1.807) is 0 Å². The molecule has 1 atom stereocenters. The van der Waals surface area contributed by atoms with Crippen LogP contribution in [0.2, 0.25) is 0 Å². The molecule has 1 saturated carbocycles. The summed E-state index contributed by atoms with van der Waals surface area (Å²) in [5.74, 6) is 2.71. The summed E-state index contributed by atoms with van der Waals surface area (Å²) in [5.41, 5.74) is 0. The van der Waals surface area contributed by atoms with Gasteiger partial charge in [-0.3, -0.25) is 0 Å². The van der Waals surface area contributed by atoms with E-state index >= 15 is 0 Å². The minimum Gasteiger partial charge on any atom is -0.352 e. The number of rotatable bonds is 2. The second-order valence-electron chi connectivity index (χ2n) is 5.84. The van der Waals surface area contributed by atoms with Crippen LogP contribution in [0.3, 0.4) is 0 Å². The third-order valence-corrected chi connectivity index (χ3v) is 4.39. The summed E-state index contributed by atoms with van der Waals surface area (Å²) in [6.45, 7) is 5.64. The monoisotopic (exact) mass is 324 g/mol. The van der Waals surface area contributed by atoms with Gasteiger partial charge in [-0.15, -0.1) is 0 Å². The Hall–Kier alpha value is -0.680. The molecule has 19 heavy (non-hydrogen) atoms. The maximum Gasteiger partial charge on any atom is 0.135 e. The molecule has 0 aromatic carbocycles. The van der Waals surface area contributed by atoms with E-state index in [0.717, 1.165) is 29.3 Å². The van der Waals surface area contributed by atoms with Crippen LogP contribution in [0.1, 0.15) is 37.9 Å². The predicted molar refractivity (Wildman–Crippen MR) is 80.6 cm³/mol. The normalized spacial score (nSPS) is 25.4. The van der Waals surface area contributed by atoms with E-state index in [2.05, 4.69) is 50.8 Å². The van der Waals surface area contributed by atoms with Gasteiger partial charge >= 0.3 is 0 Å². The standard InChI is InChI=1S/C14H21BrN4/c1-10-9-18(2)6-3-7-19(10)13-8-12(15)16-14(17-13)11-4-5-11/h8,10-11H,3-7,9H2,1-2H3. The number of hydrogen-bond donors (Lipinski definition) is 0. The highest BCUT2D eigenvalue weighted by Gasteiger charge is 2.29. The summed E-state index contributed by atoms with van der Waals surface area (Å²) < 4.78 is 0.921. The van der Waals surface area contributed by atoms with Crippen molar-refractivity contribution in [2.24, 2.45) is 0 Å². The van der Waals surface area contributed by atoms with Crippen molar-refractivity contribution in [3.8, 4) is 0 Å². The van der Waals surface area contributed by atoms with Crippen LogP contribution in [0.25, 0.3) is 0 Å². The summed E-state index contributed by atoms with van der Waals surface area (Å²) in [6.07, 6.45) is 3.68. The zero-order valence-electron chi connectivity index (χ0n) is 11.6. The predicted octanol–water partition coefficient (Wildman–Crippen LogP) is 2.65. The highest BCUT2D eigenvalue weighted by molar-refractivity contribution is 9.10. The van der Waals surface area contributed by atoms with Gasteiger partial charge in [-0.25, -0.2) is 9.97 Å². The van der Waals surface area contributed by atoms with Crippen LogP contribution in [0.5, 0.6) is 0 Å². The molecule has 1 aromatic rings. The quantitative estimate of drug-likeness (QED) is 0.783. The average molecular weight is 325 g/mol. The molecule has 1 aliphatic carbocycles. The number of nitrogens with zero attached hydrogens (tertiary/aromatic N) is 4. The highest BCUT2D eigenvalue weighted by Crippen LogP contribution is 2.39. The first-order valence-electron chi connectivity index (χ1n) is 7.13. The van der Waals surface area contributed by atoms with Crippen LogP contribution in [-0.4, -0.2) is 47.6 Å². The molecule has 4 nitrogen and oxygen atoms in total. The molecule has 5 heteroatoms. The van der Waals surface area contributed by atoms with E-state index in [9.17, 15) is 0 Å². The van der Waals surface area contributed by atoms with E-state index in [1.165, 1.54) is 25.8 Å². The van der Waals surface area contributed by atoms with Gasteiger partial charge in [0, 0.05) is 31.1 Å². The Labute approximate surface area is 123 Å². The van der Waals surface area contributed by atoms with Crippen LogP contribution in [-0.2, 0) is 0 Å². The first kappa shape index (κ1) is 13.3. The van der Waals surface area contributed by atoms with Crippen LogP contribution in [0.15, 0.2) is 10.7 Å². The Kier molecular flexibility index (Phi) is 3.76. The third-order valence-electron chi connectivity index (χ3n) is 3.98.